The van der Waals surface area contributed by atoms with Gasteiger partial charge in [0.1, 0.15) is 5.75 Å². The maximum Gasteiger partial charge on any atom is 0.251 e. The molecular weight excluding hydrogens is 354 g/mol. The Hall–Kier alpha value is -3.12. The fourth-order valence-corrected chi connectivity index (χ4v) is 3.64. The number of H-pyrrole nitrogens is 1. The summed E-state index contributed by atoms with van der Waals surface area (Å²) in [7, 11) is 0. The second-order valence-electron chi connectivity index (χ2n) is 6.81. The molecule has 6 nitrogen and oxygen atoms in total. The molecule has 1 saturated heterocycles. The van der Waals surface area contributed by atoms with Crippen LogP contribution in [-0.4, -0.2) is 36.0 Å². The van der Waals surface area contributed by atoms with Crippen LogP contribution < -0.4 is 15.0 Å². The Labute approximate surface area is 163 Å². The predicted molar refractivity (Wildman–Crippen MR) is 109 cm³/mol. The van der Waals surface area contributed by atoms with Crippen LogP contribution in [0, 0.1) is 0 Å². The van der Waals surface area contributed by atoms with Crippen LogP contribution in [0.1, 0.15) is 18.9 Å². The summed E-state index contributed by atoms with van der Waals surface area (Å²) >= 11 is 0. The van der Waals surface area contributed by atoms with Gasteiger partial charge in [-0.1, -0.05) is 18.2 Å². The lowest BCUT2D eigenvalue weighted by molar-refractivity contribution is -0.121. The third-order valence-corrected chi connectivity index (χ3v) is 5.01. The van der Waals surface area contributed by atoms with Gasteiger partial charge in [0, 0.05) is 23.6 Å². The van der Waals surface area contributed by atoms with Crippen molar-refractivity contribution in [2.45, 2.75) is 25.8 Å². The highest BCUT2D eigenvalue weighted by Crippen LogP contribution is 2.25. The summed E-state index contributed by atoms with van der Waals surface area (Å²) < 4.78 is 5.41. The molecule has 2 N–H and O–H groups in total. The first-order chi connectivity index (χ1) is 13.7. The number of amides is 2. The van der Waals surface area contributed by atoms with Crippen LogP contribution in [0.5, 0.6) is 5.75 Å². The average molecular weight is 377 g/mol. The fourth-order valence-electron chi connectivity index (χ4n) is 3.64. The number of hydrogen-bond acceptors (Lipinski definition) is 4. The summed E-state index contributed by atoms with van der Waals surface area (Å²) in [5.74, 6) is 0.339. The lowest BCUT2D eigenvalue weighted by atomic mass is 10.1. The molecule has 144 valence electrons. The highest BCUT2D eigenvalue weighted by Gasteiger charge is 2.39. The molecule has 1 aliphatic heterocycles. The van der Waals surface area contributed by atoms with E-state index in [-0.39, 0.29) is 18.2 Å². The number of benzene rings is 2. The van der Waals surface area contributed by atoms with Crippen LogP contribution >= 0.6 is 0 Å². The molecule has 0 radical (unpaired) electrons. The Morgan fingerprint density at radius 2 is 1.93 bits per heavy atom. The number of anilines is 1. The number of rotatable bonds is 7. The maximum atomic E-state index is 12.7. The van der Waals surface area contributed by atoms with Crippen molar-refractivity contribution in [2.75, 3.05) is 18.1 Å². The molecule has 1 fully saturated rings. The summed E-state index contributed by atoms with van der Waals surface area (Å²) in [6.45, 7) is 3.11. The Balaban J connectivity index is 1.38. The number of carbonyl (C=O) groups excluding carboxylic acids is 2. The normalized spacial score (nSPS) is 16.9. The maximum absolute atomic E-state index is 12.7. The van der Waals surface area contributed by atoms with Crippen molar-refractivity contribution >= 4 is 28.4 Å². The summed E-state index contributed by atoms with van der Waals surface area (Å²) in [5.41, 5.74) is 2.88. The van der Waals surface area contributed by atoms with Crippen LogP contribution in [-0.2, 0) is 16.0 Å². The lowest BCUT2D eigenvalue weighted by Gasteiger charge is -2.16. The Kier molecular flexibility index (Phi) is 5.12. The number of aromatic amines is 1. The molecule has 2 amide bonds. The van der Waals surface area contributed by atoms with Gasteiger partial charge < -0.3 is 15.0 Å². The zero-order chi connectivity index (χ0) is 19.5. The minimum atomic E-state index is -0.482. The van der Waals surface area contributed by atoms with Crippen LogP contribution in [0.3, 0.4) is 0 Å². The number of carbonyl (C=O) groups is 2. The second-order valence-corrected chi connectivity index (χ2v) is 6.81. The van der Waals surface area contributed by atoms with E-state index in [1.165, 1.54) is 15.8 Å². The third-order valence-electron chi connectivity index (χ3n) is 5.01. The summed E-state index contributed by atoms with van der Waals surface area (Å²) in [5, 5.41) is 4.43. The van der Waals surface area contributed by atoms with E-state index in [9.17, 15) is 9.59 Å². The Morgan fingerprint density at radius 1 is 1.14 bits per heavy atom. The van der Waals surface area contributed by atoms with E-state index in [1.807, 2.05) is 31.3 Å². The molecule has 0 unspecified atom stereocenters. The largest absolute Gasteiger partial charge is 0.494 e. The van der Waals surface area contributed by atoms with E-state index in [2.05, 4.69) is 16.4 Å². The van der Waals surface area contributed by atoms with Gasteiger partial charge in [-0.25, -0.2) is 4.90 Å². The first-order valence-electron chi connectivity index (χ1n) is 9.55. The second kappa shape index (κ2) is 7.86. The molecule has 1 aromatic heterocycles. The van der Waals surface area contributed by atoms with Gasteiger partial charge in [0.25, 0.3) is 5.91 Å². The third kappa shape index (κ3) is 3.51. The van der Waals surface area contributed by atoms with Crippen molar-refractivity contribution in [3.63, 3.8) is 0 Å². The molecule has 0 saturated carbocycles. The molecule has 4 rings (SSSR count). The quantitative estimate of drug-likeness (QED) is 0.621. The number of nitrogens with zero attached hydrogens (tertiary/aromatic N) is 1. The molecule has 6 heteroatoms. The molecule has 0 bridgehead atoms. The van der Waals surface area contributed by atoms with E-state index in [0.29, 0.717) is 18.8 Å². The molecular formula is C22H23N3O3. The number of fused-ring (bicyclic) bond motifs is 1. The van der Waals surface area contributed by atoms with Crippen LogP contribution in [0.25, 0.3) is 10.9 Å². The first kappa shape index (κ1) is 18.3. The van der Waals surface area contributed by atoms with E-state index in [0.717, 1.165) is 17.7 Å². The summed E-state index contributed by atoms with van der Waals surface area (Å²) in [4.78, 5) is 29.7. The molecule has 28 heavy (non-hydrogen) atoms. The van der Waals surface area contributed by atoms with Crippen molar-refractivity contribution < 1.29 is 14.3 Å². The Bertz CT molecular complexity index is 994. The fraction of sp³-hybridized carbons (Fsp3) is 0.273. The standard InChI is InChI=1S/C22H23N3O3/c1-2-28-17-9-7-16(8-10-17)25-21(26)13-20(22(25)27)23-12-11-15-14-24-19-6-4-3-5-18(15)19/h3-10,14,20,23-24H,2,11-13H2,1H3/t20-/m1/s1. The smallest absolute Gasteiger partial charge is 0.251 e. The number of ether oxygens (including phenoxy) is 1. The van der Waals surface area contributed by atoms with Crippen molar-refractivity contribution in [3.05, 3.63) is 60.3 Å². The van der Waals surface area contributed by atoms with Crippen LogP contribution in [0.4, 0.5) is 5.69 Å². The van der Waals surface area contributed by atoms with E-state index >= 15 is 0 Å². The monoisotopic (exact) mass is 377 g/mol. The van der Waals surface area contributed by atoms with Crippen molar-refractivity contribution in [3.8, 4) is 5.75 Å². The minimum absolute atomic E-state index is 0.180. The van der Waals surface area contributed by atoms with Gasteiger partial charge in [-0.3, -0.25) is 9.59 Å². The number of para-hydroxylation sites is 1. The molecule has 0 spiro atoms. The van der Waals surface area contributed by atoms with Crippen LogP contribution in [0.2, 0.25) is 0 Å². The minimum Gasteiger partial charge on any atom is -0.494 e. The lowest BCUT2D eigenvalue weighted by Crippen LogP contribution is -2.39. The van der Waals surface area contributed by atoms with Gasteiger partial charge >= 0.3 is 0 Å². The van der Waals surface area contributed by atoms with Gasteiger partial charge in [0.05, 0.1) is 24.8 Å². The van der Waals surface area contributed by atoms with Crippen LogP contribution in [0.15, 0.2) is 54.7 Å². The molecule has 1 aliphatic rings. The molecule has 0 aliphatic carbocycles. The number of nitrogens with one attached hydrogen (secondary N) is 2. The van der Waals surface area contributed by atoms with E-state index < -0.39 is 6.04 Å². The number of imide groups is 1. The average Bonchev–Trinajstić information content (AvgIpc) is 3.24. The zero-order valence-corrected chi connectivity index (χ0v) is 15.8. The van der Waals surface area contributed by atoms with E-state index in [1.54, 1.807) is 24.3 Å². The number of hydrogen-bond donors (Lipinski definition) is 2. The first-order valence-corrected chi connectivity index (χ1v) is 9.55. The topological polar surface area (TPSA) is 74.4 Å². The molecule has 2 aromatic carbocycles. The molecule has 1 atom stereocenters. The highest BCUT2D eigenvalue weighted by atomic mass is 16.5. The van der Waals surface area contributed by atoms with Gasteiger partial charge in [-0.15, -0.1) is 0 Å². The number of aromatic nitrogens is 1. The Morgan fingerprint density at radius 3 is 2.71 bits per heavy atom. The predicted octanol–water partition coefficient (Wildman–Crippen LogP) is 3.03. The van der Waals surface area contributed by atoms with Crippen molar-refractivity contribution in [2.24, 2.45) is 0 Å². The van der Waals surface area contributed by atoms with Gasteiger partial charge in [0.15, 0.2) is 0 Å². The van der Waals surface area contributed by atoms with Gasteiger partial charge in [-0.05, 0) is 49.2 Å². The summed E-state index contributed by atoms with van der Waals surface area (Å²) in [6, 6.07) is 14.7. The SMILES string of the molecule is CCOc1ccc(N2C(=O)C[C@@H](NCCc3c[nH]c4ccccc34)C2=O)cc1. The van der Waals surface area contributed by atoms with Gasteiger partial charge in [0.2, 0.25) is 5.91 Å². The highest BCUT2D eigenvalue weighted by molar-refractivity contribution is 6.22. The molecule has 2 heterocycles. The van der Waals surface area contributed by atoms with E-state index in [4.69, 9.17) is 4.74 Å². The molecule has 3 aromatic rings. The zero-order valence-electron chi connectivity index (χ0n) is 15.8. The van der Waals surface area contributed by atoms with Gasteiger partial charge in [-0.2, -0.15) is 0 Å². The van der Waals surface area contributed by atoms with Crippen molar-refractivity contribution in [1.82, 2.24) is 10.3 Å². The summed E-state index contributed by atoms with van der Waals surface area (Å²) in [6.07, 6.45) is 2.96. The van der Waals surface area contributed by atoms with Crippen molar-refractivity contribution in [1.29, 1.82) is 0 Å².